The zero-order valence-electron chi connectivity index (χ0n) is 29.8. The number of hydrogen-bond acceptors (Lipinski definition) is 5. The van der Waals surface area contributed by atoms with E-state index in [0.29, 0.717) is 25.1 Å². The summed E-state index contributed by atoms with van der Waals surface area (Å²) in [5, 5.41) is 49.3. The van der Waals surface area contributed by atoms with Crippen LogP contribution in [0.3, 0.4) is 0 Å². The van der Waals surface area contributed by atoms with Crippen molar-refractivity contribution in [3.8, 4) is 0 Å². The number of benzene rings is 5. The van der Waals surface area contributed by atoms with Gasteiger partial charge < -0.3 is 29.4 Å². The van der Waals surface area contributed by atoms with E-state index in [4.69, 9.17) is 0 Å². The Kier molecular flexibility index (Phi) is 10.4. The molecule has 9 rings (SSSR count). The van der Waals surface area contributed by atoms with E-state index in [1.807, 2.05) is 54.9 Å². The molecule has 4 aromatic heterocycles. The topological polar surface area (TPSA) is 117 Å². The van der Waals surface area contributed by atoms with Crippen molar-refractivity contribution in [2.45, 2.75) is 50.1 Å². The number of para-hydroxylation sites is 1. The van der Waals surface area contributed by atoms with Crippen LogP contribution >= 0.6 is 63.7 Å². The molecule has 4 atom stereocenters. The van der Waals surface area contributed by atoms with Crippen molar-refractivity contribution in [2.75, 3.05) is 6.61 Å². The molecule has 0 saturated heterocycles. The fourth-order valence-corrected chi connectivity index (χ4v) is 9.96. The number of aromatic amines is 1. The summed E-state index contributed by atoms with van der Waals surface area (Å²) in [7, 11) is 0. The number of nitrogens with one attached hydrogen (secondary N) is 1. The van der Waals surface area contributed by atoms with Gasteiger partial charge in [-0.25, -0.2) is 4.68 Å². The number of hydrogen-bond donors (Lipinski definition) is 4. The fraction of sp³-hybridized carbons (Fsp3) is 0.209. The van der Waals surface area contributed by atoms with Gasteiger partial charge in [-0.2, -0.15) is 0 Å². The van der Waals surface area contributed by atoms with Crippen molar-refractivity contribution in [3.05, 3.63) is 139 Å². The van der Waals surface area contributed by atoms with Crippen LogP contribution in [-0.2, 0) is 19.5 Å². The Morgan fingerprint density at radius 3 is 1.80 bits per heavy atom. The predicted octanol–water partition coefficient (Wildman–Crippen LogP) is 10.4. The van der Waals surface area contributed by atoms with Gasteiger partial charge in [0.2, 0.25) is 0 Å². The van der Waals surface area contributed by atoms with E-state index in [9.17, 15) is 15.3 Å². The van der Waals surface area contributed by atoms with E-state index in [-0.39, 0.29) is 13.2 Å². The van der Waals surface area contributed by atoms with Gasteiger partial charge >= 0.3 is 0 Å². The van der Waals surface area contributed by atoms with Crippen LogP contribution in [0.15, 0.2) is 127 Å². The summed E-state index contributed by atoms with van der Waals surface area (Å²) in [6.45, 7) is 0.425. The highest BCUT2D eigenvalue weighted by molar-refractivity contribution is 9.11. The largest absolute Gasteiger partial charge is 0.396 e. The van der Waals surface area contributed by atoms with Crippen LogP contribution in [0.5, 0.6) is 0 Å². The van der Waals surface area contributed by atoms with Gasteiger partial charge in [0.25, 0.3) is 0 Å². The van der Waals surface area contributed by atoms with E-state index >= 15 is 0 Å². The van der Waals surface area contributed by atoms with Gasteiger partial charge in [-0.05, 0) is 90.8 Å². The lowest BCUT2D eigenvalue weighted by molar-refractivity contribution is 0.0932. The maximum atomic E-state index is 12.6. The van der Waals surface area contributed by atoms with Gasteiger partial charge in [0.1, 0.15) is 0 Å². The Morgan fingerprint density at radius 1 is 0.661 bits per heavy atom. The molecule has 4 N–H and O–H groups in total. The van der Waals surface area contributed by atoms with Crippen LogP contribution in [0.25, 0.3) is 54.5 Å². The third kappa shape index (κ3) is 6.95. The molecule has 0 aliphatic heterocycles. The minimum absolute atomic E-state index is 0.120. The Balaban J connectivity index is 1.10. The molecule has 9 aromatic rings. The molecule has 0 bridgehead atoms. The lowest BCUT2D eigenvalue weighted by Crippen LogP contribution is -2.32. The second-order valence-electron chi connectivity index (χ2n) is 14.4. The summed E-state index contributed by atoms with van der Waals surface area (Å²) in [6, 6.07) is 32.3. The third-order valence-corrected chi connectivity index (χ3v) is 12.9. The van der Waals surface area contributed by atoms with Crippen molar-refractivity contribution < 1.29 is 15.3 Å². The van der Waals surface area contributed by atoms with Crippen LogP contribution in [0, 0.1) is 0 Å². The molecule has 284 valence electrons. The Morgan fingerprint density at radius 2 is 1.21 bits per heavy atom. The fourth-order valence-electron chi connectivity index (χ4n) is 8.52. The molecular weight excluding hydrogens is 968 g/mol. The molecule has 56 heavy (non-hydrogen) atoms. The van der Waals surface area contributed by atoms with Crippen LogP contribution in [-0.4, -0.2) is 63.2 Å². The van der Waals surface area contributed by atoms with Crippen LogP contribution in [0.1, 0.15) is 29.6 Å². The average Bonchev–Trinajstić information content (AvgIpc) is 3.95. The highest BCUT2D eigenvalue weighted by atomic mass is 79.9. The summed E-state index contributed by atoms with van der Waals surface area (Å²) < 4.78 is 9.93. The number of nitrogens with zero attached hydrogens (tertiary/aromatic N) is 5. The van der Waals surface area contributed by atoms with Crippen molar-refractivity contribution in [1.82, 2.24) is 29.1 Å². The lowest BCUT2D eigenvalue weighted by atomic mass is 9.86. The van der Waals surface area contributed by atoms with Crippen LogP contribution < -0.4 is 0 Å². The molecule has 0 aliphatic rings. The van der Waals surface area contributed by atoms with E-state index in [2.05, 4.69) is 143 Å². The number of aliphatic hydroxyl groups excluding tert-OH is 3. The summed E-state index contributed by atoms with van der Waals surface area (Å²) in [4.78, 5) is 3.36. The van der Waals surface area contributed by atoms with Crippen molar-refractivity contribution >= 4 is 118 Å². The molecule has 9 nitrogen and oxygen atoms in total. The Hall–Kier alpha value is -3.82. The lowest BCUT2D eigenvalue weighted by Gasteiger charge is -2.32. The maximum Gasteiger partial charge on any atom is 0.0915 e. The van der Waals surface area contributed by atoms with E-state index < -0.39 is 24.2 Å². The van der Waals surface area contributed by atoms with Crippen molar-refractivity contribution in [3.63, 3.8) is 0 Å². The molecule has 0 amide bonds. The molecule has 13 heteroatoms. The minimum atomic E-state index is -0.886. The summed E-state index contributed by atoms with van der Waals surface area (Å²) in [6.07, 6.45) is 2.85. The number of H-pyrrole nitrogens is 1. The predicted molar refractivity (Wildman–Crippen MR) is 237 cm³/mol. The van der Waals surface area contributed by atoms with E-state index in [1.165, 1.54) is 0 Å². The van der Waals surface area contributed by atoms with Crippen LogP contribution in [0.4, 0.5) is 0 Å². The van der Waals surface area contributed by atoms with E-state index in [0.717, 1.165) is 78.0 Å². The van der Waals surface area contributed by atoms with E-state index in [1.54, 1.807) is 4.68 Å². The first-order valence-electron chi connectivity index (χ1n) is 18.3. The number of aromatic nitrogens is 6. The zero-order chi connectivity index (χ0) is 38.7. The maximum absolute atomic E-state index is 12.6. The van der Waals surface area contributed by atoms with Gasteiger partial charge in [-0.3, -0.25) is 0 Å². The number of halogens is 4. The molecule has 5 aromatic carbocycles. The first kappa shape index (κ1) is 37.7. The molecule has 4 unspecified atom stereocenters. The smallest absolute Gasteiger partial charge is 0.0915 e. The highest BCUT2D eigenvalue weighted by Crippen LogP contribution is 2.43. The number of aliphatic hydroxyl groups is 3. The molecule has 4 heterocycles. The SMILES string of the molecule is OCCC(c1cn(CC(O)Cn2c3ccc(Br)cc3c3cc(Br)ccc32)nn1)C(C(O)Cc1c[nH]c2ccccc12)n1c2ccc(Br)cc2c2cc(Br)ccc21. The zero-order valence-corrected chi connectivity index (χ0v) is 36.2. The quantitative estimate of drug-likeness (QED) is 0.0973. The van der Waals surface area contributed by atoms with Crippen LogP contribution in [0.2, 0.25) is 0 Å². The number of fused-ring (bicyclic) bond motifs is 7. The van der Waals surface area contributed by atoms with Crippen molar-refractivity contribution in [2.24, 2.45) is 0 Å². The first-order chi connectivity index (χ1) is 27.2. The normalized spacial score (nSPS) is 14.4. The standard InChI is InChI=1S/C43H36Br4N6O3/c44-25-5-9-38-32(16-25)33-17-26(45)6-10-39(33)52(38)22-29(55)21-51-23-37(49-50-51)31(13-14-54)43(42(56)15-24-20-48-36-4-2-1-3-30(24)36)53-40-11-7-27(46)18-34(40)35-19-28(47)8-12-41(35)53/h1-12,16-20,23,29,31,42-43,48,54-56H,13-15,21-22H2. The van der Waals surface area contributed by atoms with Gasteiger partial charge in [0, 0.05) is 104 Å². The first-order valence-corrected chi connectivity index (χ1v) is 21.5. The molecule has 0 spiro atoms. The summed E-state index contributed by atoms with van der Waals surface area (Å²) in [5.41, 5.74) is 6.61. The number of rotatable bonds is 12. The Bertz CT molecular complexity index is 2780. The van der Waals surface area contributed by atoms with Gasteiger partial charge in [0.15, 0.2) is 0 Å². The average molecular weight is 1000 g/mol. The van der Waals surface area contributed by atoms with Gasteiger partial charge in [0.05, 0.1) is 37.0 Å². The summed E-state index contributed by atoms with van der Waals surface area (Å²) >= 11 is 14.6. The van der Waals surface area contributed by atoms with Crippen molar-refractivity contribution in [1.29, 1.82) is 0 Å². The van der Waals surface area contributed by atoms with Gasteiger partial charge in [-0.15, -0.1) is 5.10 Å². The van der Waals surface area contributed by atoms with Gasteiger partial charge in [-0.1, -0.05) is 87.1 Å². The molecule has 0 saturated carbocycles. The molecule has 0 radical (unpaired) electrons. The Labute approximate surface area is 355 Å². The molecule has 0 fully saturated rings. The third-order valence-electron chi connectivity index (χ3n) is 10.9. The monoisotopic (exact) mass is 1000 g/mol. The summed E-state index contributed by atoms with van der Waals surface area (Å²) in [5.74, 6) is -0.438. The molecule has 0 aliphatic carbocycles. The second-order valence-corrected chi connectivity index (χ2v) is 18.0. The second kappa shape index (κ2) is 15.5. The minimum Gasteiger partial charge on any atom is -0.396 e. The molecular formula is C43H36Br4N6O3. The highest BCUT2D eigenvalue weighted by Gasteiger charge is 2.36.